The Morgan fingerprint density at radius 1 is 1.29 bits per heavy atom. The van der Waals surface area contributed by atoms with Crippen molar-refractivity contribution < 1.29 is 19.4 Å². The first kappa shape index (κ1) is 14.9. The third-order valence-corrected chi connectivity index (χ3v) is 3.40. The molecule has 0 radical (unpaired) electrons. The maximum absolute atomic E-state index is 11.9. The van der Waals surface area contributed by atoms with E-state index in [9.17, 15) is 9.59 Å². The zero-order valence-corrected chi connectivity index (χ0v) is 11.7. The van der Waals surface area contributed by atoms with E-state index in [4.69, 9.17) is 9.84 Å². The van der Waals surface area contributed by atoms with Crippen LogP contribution in [-0.4, -0.2) is 29.6 Å². The molecule has 0 spiro atoms. The first-order valence-corrected chi connectivity index (χ1v) is 6.53. The highest BCUT2D eigenvalue weighted by atomic mass is 16.5. The molecule has 1 N–H and O–H groups in total. The molecule has 4 nitrogen and oxygen atoms in total. The van der Waals surface area contributed by atoms with Gasteiger partial charge in [-0.3, -0.25) is 4.79 Å². The number of aliphatic carboxylic acids is 1. The molecule has 0 heterocycles. The fourth-order valence-electron chi connectivity index (χ4n) is 2.03. The quantitative estimate of drug-likeness (QED) is 0.667. The van der Waals surface area contributed by atoms with Gasteiger partial charge >= 0.3 is 5.97 Å². The van der Waals surface area contributed by atoms with Crippen LogP contribution in [0.5, 0.6) is 0 Å². The fraction of sp³-hybridized carbons (Fsp3) is 0.176. The van der Waals surface area contributed by atoms with Crippen LogP contribution in [0.25, 0.3) is 0 Å². The minimum absolute atomic E-state index is 0.0910. The summed E-state index contributed by atoms with van der Waals surface area (Å²) in [6.07, 6.45) is 8.28. The Bertz CT molecular complexity index is 625. The molecule has 1 aliphatic rings. The third kappa shape index (κ3) is 3.35. The van der Waals surface area contributed by atoms with Gasteiger partial charge in [0.25, 0.3) is 0 Å². The Labute approximate surface area is 123 Å². The highest BCUT2D eigenvalue weighted by molar-refractivity contribution is 6.04. The lowest BCUT2D eigenvalue weighted by Gasteiger charge is -2.25. The fourth-order valence-corrected chi connectivity index (χ4v) is 2.03. The van der Waals surface area contributed by atoms with E-state index in [-0.39, 0.29) is 12.2 Å². The molecule has 0 saturated heterocycles. The van der Waals surface area contributed by atoms with Crippen LogP contribution in [0.15, 0.2) is 66.3 Å². The molecule has 1 aromatic carbocycles. The number of carbonyl (C=O) groups is 2. The Balaban J connectivity index is 2.06. The molecule has 1 unspecified atom stereocenters. The smallest absolute Gasteiger partial charge is 0.340 e. The summed E-state index contributed by atoms with van der Waals surface area (Å²) in [4.78, 5) is 23.1. The average molecular weight is 284 g/mol. The summed E-state index contributed by atoms with van der Waals surface area (Å²) in [5.74, 6) is -1.12. The molecule has 108 valence electrons. The van der Waals surface area contributed by atoms with E-state index < -0.39 is 11.6 Å². The second-order valence-corrected chi connectivity index (χ2v) is 4.70. The van der Waals surface area contributed by atoms with Gasteiger partial charge in [0.1, 0.15) is 0 Å². The third-order valence-electron chi connectivity index (χ3n) is 3.40. The van der Waals surface area contributed by atoms with Crippen molar-refractivity contribution >= 4 is 11.8 Å². The monoisotopic (exact) mass is 284 g/mol. The van der Waals surface area contributed by atoms with Crippen molar-refractivity contribution in [1.29, 1.82) is 0 Å². The Morgan fingerprint density at radius 3 is 2.52 bits per heavy atom. The number of hydrogen-bond donors (Lipinski definition) is 1. The van der Waals surface area contributed by atoms with Crippen molar-refractivity contribution in [2.24, 2.45) is 0 Å². The topological polar surface area (TPSA) is 63.6 Å². The normalized spacial score (nSPS) is 21.3. The van der Waals surface area contributed by atoms with Crippen LogP contribution >= 0.6 is 0 Å². The van der Waals surface area contributed by atoms with Gasteiger partial charge in [0, 0.05) is 19.1 Å². The van der Waals surface area contributed by atoms with Crippen LogP contribution in [0.3, 0.4) is 0 Å². The summed E-state index contributed by atoms with van der Waals surface area (Å²) < 4.78 is 5.06. The largest absolute Gasteiger partial charge is 0.479 e. The van der Waals surface area contributed by atoms with Gasteiger partial charge in [0.05, 0.1) is 0 Å². The highest BCUT2D eigenvalue weighted by Crippen LogP contribution is 2.25. The predicted octanol–water partition coefficient (Wildman–Crippen LogP) is 2.78. The van der Waals surface area contributed by atoms with Gasteiger partial charge in [-0.1, -0.05) is 48.6 Å². The Kier molecular flexibility index (Phi) is 4.50. The molecule has 2 rings (SSSR count). The van der Waals surface area contributed by atoms with Crippen LogP contribution in [0.4, 0.5) is 0 Å². The molecule has 1 aliphatic carbocycles. The zero-order valence-electron chi connectivity index (χ0n) is 11.7. The number of carboxylic acid groups (broad SMARTS) is 1. The first-order valence-electron chi connectivity index (χ1n) is 6.53. The van der Waals surface area contributed by atoms with Crippen molar-refractivity contribution in [1.82, 2.24) is 0 Å². The van der Waals surface area contributed by atoms with Crippen molar-refractivity contribution in [2.45, 2.75) is 12.0 Å². The standard InChI is InChI=1S/C17H16O4/c1-21-17(16(19)20)11-9-13(10-12-17)7-8-15(18)14-5-3-2-4-6-14/h2-11H,12H2,1H3,(H,19,20). The molecule has 0 aliphatic heterocycles. The molecule has 1 atom stereocenters. The molecule has 0 aromatic heterocycles. The summed E-state index contributed by atoms with van der Waals surface area (Å²) in [6.45, 7) is 0. The SMILES string of the molecule is COC1(C(=O)O)C=CC(C=CC(=O)c2ccccc2)=CC1. The lowest BCUT2D eigenvalue weighted by Crippen LogP contribution is -2.39. The molecule has 4 heteroatoms. The van der Waals surface area contributed by atoms with Crippen LogP contribution < -0.4 is 0 Å². The van der Waals surface area contributed by atoms with E-state index in [1.165, 1.54) is 19.3 Å². The number of hydrogen-bond acceptors (Lipinski definition) is 3. The summed E-state index contributed by atoms with van der Waals surface area (Å²) in [5, 5.41) is 9.16. The van der Waals surface area contributed by atoms with E-state index in [2.05, 4.69) is 0 Å². The van der Waals surface area contributed by atoms with Gasteiger partial charge in [0.2, 0.25) is 0 Å². The Hall–Kier alpha value is -2.46. The van der Waals surface area contributed by atoms with Crippen LogP contribution in [-0.2, 0) is 9.53 Å². The zero-order chi connectivity index (χ0) is 15.3. The predicted molar refractivity (Wildman–Crippen MR) is 79.1 cm³/mol. The maximum atomic E-state index is 11.9. The van der Waals surface area contributed by atoms with Gasteiger partial charge in [-0.25, -0.2) is 4.79 Å². The number of carbonyl (C=O) groups excluding carboxylic acids is 1. The minimum Gasteiger partial charge on any atom is -0.479 e. The average Bonchev–Trinajstić information content (AvgIpc) is 2.53. The van der Waals surface area contributed by atoms with E-state index in [0.717, 1.165) is 5.57 Å². The lowest BCUT2D eigenvalue weighted by molar-refractivity contribution is -0.156. The van der Waals surface area contributed by atoms with E-state index in [1.54, 1.807) is 42.5 Å². The number of carboxylic acids is 1. The van der Waals surface area contributed by atoms with Gasteiger partial charge in [0.15, 0.2) is 11.4 Å². The van der Waals surface area contributed by atoms with Crippen molar-refractivity contribution in [3.05, 3.63) is 71.8 Å². The van der Waals surface area contributed by atoms with Crippen LogP contribution in [0.1, 0.15) is 16.8 Å². The molecule has 1 aromatic rings. The summed E-state index contributed by atoms with van der Waals surface area (Å²) in [6, 6.07) is 8.96. The number of benzene rings is 1. The van der Waals surface area contributed by atoms with E-state index >= 15 is 0 Å². The number of allylic oxidation sites excluding steroid dienone is 4. The second-order valence-electron chi connectivity index (χ2n) is 4.70. The van der Waals surface area contributed by atoms with Crippen LogP contribution in [0, 0.1) is 0 Å². The number of ether oxygens (including phenoxy) is 1. The van der Waals surface area contributed by atoms with Crippen molar-refractivity contribution in [3.63, 3.8) is 0 Å². The maximum Gasteiger partial charge on any atom is 0.340 e. The second kappa shape index (κ2) is 6.33. The lowest BCUT2D eigenvalue weighted by atomic mass is 9.91. The summed E-state index contributed by atoms with van der Waals surface area (Å²) >= 11 is 0. The van der Waals surface area contributed by atoms with E-state index in [1.807, 2.05) is 6.07 Å². The molecule has 0 bridgehead atoms. The number of rotatable bonds is 5. The Morgan fingerprint density at radius 2 is 2.00 bits per heavy atom. The summed E-state index contributed by atoms with van der Waals surface area (Å²) in [7, 11) is 1.37. The van der Waals surface area contributed by atoms with Crippen molar-refractivity contribution in [3.8, 4) is 0 Å². The first-order chi connectivity index (χ1) is 10.1. The van der Waals surface area contributed by atoms with Crippen LogP contribution in [0.2, 0.25) is 0 Å². The number of ketones is 1. The van der Waals surface area contributed by atoms with Gasteiger partial charge in [-0.2, -0.15) is 0 Å². The van der Waals surface area contributed by atoms with Gasteiger partial charge in [-0.05, 0) is 17.7 Å². The minimum atomic E-state index is -1.30. The molecular formula is C17H16O4. The van der Waals surface area contributed by atoms with Crippen molar-refractivity contribution in [2.75, 3.05) is 7.11 Å². The highest BCUT2D eigenvalue weighted by Gasteiger charge is 2.36. The van der Waals surface area contributed by atoms with Gasteiger partial charge in [-0.15, -0.1) is 0 Å². The van der Waals surface area contributed by atoms with Gasteiger partial charge < -0.3 is 9.84 Å². The van der Waals surface area contributed by atoms with E-state index in [0.29, 0.717) is 5.56 Å². The summed E-state index contributed by atoms with van der Waals surface area (Å²) in [5.41, 5.74) is 0.0972. The molecule has 0 fully saturated rings. The molecule has 21 heavy (non-hydrogen) atoms. The molecule has 0 amide bonds. The molecule has 0 saturated carbocycles. The number of methoxy groups -OCH3 is 1. The molecular weight excluding hydrogens is 268 g/mol.